The highest BCUT2D eigenvalue weighted by Gasteiger charge is 2.18. The van der Waals surface area contributed by atoms with Crippen LogP contribution in [0, 0.1) is 5.92 Å². The molecule has 0 saturated carbocycles. The van der Waals surface area contributed by atoms with Crippen LogP contribution in [-0.2, 0) is 17.6 Å². The number of hydrogen-bond acceptors (Lipinski definition) is 2. The van der Waals surface area contributed by atoms with Gasteiger partial charge >= 0.3 is 5.97 Å². The molecule has 21 heavy (non-hydrogen) atoms. The van der Waals surface area contributed by atoms with Gasteiger partial charge in [0.15, 0.2) is 0 Å². The van der Waals surface area contributed by atoms with Crippen molar-refractivity contribution in [2.45, 2.75) is 12.8 Å². The van der Waals surface area contributed by atoms with Crippen molar-refractivity contribution in [1.29, 1.82) is 0 Å². The summed E-state index contributed by atoms with van der Waals surface area (Å²) in [5.41, 5.74) is 1.99. The predicted molar refractivity (Wildman–Crippen MR) is 85.7 cm³/mol. The maximum Gasteiger partial charge on any atom is 0.307 e. The van der Waals surface area contributed by atoms with Gasteiger partial charge in [0.1, 0.15) is 5.75 Å². The summed E-state index contributed by atoms with van der Waals surface area (Å²) in [5.74, 6) is -0.473. The molecule has 1 atom stereocenters. The molecule has 1 unspecified atom stereocenters. The fourth-order valence-corrected chi connectivity index (χ4v) is 2.50. The summed E-state index contributed by atoms with van der Waals surface area (Å²) in [6, 6.07) is 15.3. The summed E-state index contributed by atoms with van der Waals surface area (Å²) < 4.78 is 6.17. The highest BCUT2D eigenvalue weighted by atomic mass is 79.9. The lowest BCUT2D eigenvalue weighted by atomic mass is 9.92. The lowest BCUT2D eigenvalue weighted by Crippen LogP contribution is -2.19. The van der Waals surface area contributed by atoms with Gasteiger partial charge in [0.2, 0.25) is 0 Å². The first-order valence-corrected chi connectivity index (χ1v) is 7.48. The Balaban J connectivity index is 2.11. The number of ether oxygens (including phenoxy) is 1. The molecule has 0 fully saturated rings. The molecule has 0 radical (unpaired) electrons. The van der Waals surface area contributed by atoms with Gasteiger partial charge in [-0.1, -0.05) is 40.2 Å². The normalized spacial score (nSPS) is 11.9. The Labute approximate surface area is 132 Å². The number of benzene rings is 2. The molecule has 0 amide bonds. The average molecular weight is 349 g/mol. The van der Waals surface area contributed by atoms with E-state index in [0.717, 1.165) is 21.3 Å². The zero-order chi connectivity index (χ0) is 15.2. The molecule has 2 rings (SSSR count). The van der Waals surface area contributed by atoms with Crippen LogP contribution in [0.2, 0.25) is 0 Å². The maximum absolute atomic E-state index is 11.5. The number of methoxy groups -OCH3 is 1. The number of halogens is 1. The Morgan fingerprint density at radius 2 is 1.81 bits per heavy atom. The molecule has 110 valence electrons. The molecule has 0 aliphatic heterocycles. The first-order chi connectivity index (χ1) is 10.1. The number of carboxylic acids is 1. The van der Waals surface area contributed by atoms with E-state index in [1.807, 2.05) is 48.5 Å². The van der Waals surface area contributed by atoms with Gasteiger partial charge in [-0.3, -0.25) is 4.79 Å². The molecule has 2 aromatic carbocycles. The van der Waals surface area contributed by atoms with Crippen molar-refractivity contribution in [2.24, 2.45) is 5.92 Å². The van der Waals surface area contributed by atoms with Gasteiger partial charge in [0.05, 0.1) is 13.0 Å². The monoisotopic (exact) mass is 348 g/mol. The topological polar surface area (TPSA) is 46.5 Å². The molecule has 0 aliphatic carbocycles. The summed E-state index contributed by atoms with van der Waals surface area (Å²) in [6.45, 7) is 0. The number of aliphatic carboxylic acids is 1. The standard InChI is InChI=1S/C17H17BrO3/c1-21-16-4-2-3-13(11-16)10-14(17(19)20)9-12-5-7-15(18)8-6-12/h2-8,11,14H,9-10H2,1H3,(H,19,20). The second-order valence-electron chi connectivity index (χ2n) is 4.92. The smallest absolute Gasteiger partial charge is 0.307 e. The molecule has 1 N–H and O–H groups in total. The predicted octanol–water partition coefficient (Wildman–Crippen LogP) is 3.94. The van der Waals surface area contributed by atoms with Crippen LogP contribution >= 0.6 is 15.9 Å². The first-order valence-electron chi connectivity index (χ1n) is 6.68. The SMILES string of the molecule is COc1cccc(CC(Cc2ccc(Br)cc2)C(=O)O)c1. The third-order valence-corrected chi connectivity index (χ3v) is 3.89. The van der Waals surface area contributed by atoms with E-state index in [9.17, 15) is 9.90 Å². The van der Waals surface area contributed by atoms with E-state index in [1.165, 1.54) is 0 Å². The average Bonchev–Trinajstić information content (AvgIpc) is 2.49. The molecule has 0 saturated heterocycles. The number of carbonyl (C=O) groups is 1. The Morgan fingerprint density at radius 1 is 1.14 bits per heavy atom. The molecule has 2 aromatic rings. The third-order valence-electron chi connectivity index (χ3n) is 3.36. The fraction of sp³-hybridized carbons (Fsp3) is 0.235. The summed E-state index contributed by atoms with van der Waals surface area (Å²) in [4.78, 5) is 11.5. The molecule has 0 bridgehead atoms. The highest BCUT2D eigenvalue weighted by Crippen LogP contribution is 2.20. The minimum Gasteiger partial charge on any atom is -0.497 e. The highest BCUT2D eigenvalue weighted by molar-refractivity contribution is 9.10. The molecule has 0 spiro atoms. The maximum atomic E-state index is 11.5. The van der Waals surface area contributed by atoms with Gasteiger partial charge in [-0.05, 0) is 48.2 Å². The minimum absolute atomic E-state index is 0.446. The van der Waals surface area contributed by atoms with E-state index in [2.05, 4.69) is 15.9 Å². The van der Waals surface area contributed by atoms with Gasteiger partial charge in [-0.15, -0.1) is 0 Å². The zero-order valence-corrected chi connectivity index (χ0v) is 13.3. The van der Waals surface area contributed by atoms with Crippen molar-refractivity contribution in [3.05, 3.63) is 64.1 Å². The molecule has 0 heterocycles. The molecular formula is C17H17BrO3. The van der Waals surface area contributed by atoms with Crippen molar-refractivity contribution in [2.75, 3.05) is 7.11 Å². The van der Waals surface area contributed by atoms with Gasteiger partial charge in [-0.2, -0.15) is 0 Å². The summed E-state index contributed by atoms with van der Waals surface area (Å²) in [6.07, 6.45) is 1.00. The molecule has 4 heteroatoms. The van der Waals surface area contributed by atoms with Crippen LogP contribution in [0.25, 0.3) is 0 Å². The van der Waals surface area contributed by atoms with E-state index in [4.69, 9.17) is 4.74 Å². The molecule has 0 aromatic heterocycles. The Kier molecular flexibility index (Phi) is 5.39. The van der Waals surface area contributed by atoms with Crippen molar-refractivity contribution in [1.82, 2.24) is 0 Å². The summed E-state index contributed by atoms with van der Waals surface area (Å²) in [5, 5.41) is 9.44. The quantitative estimate of drug-likeness (QED) is 0.859. The van der Waals surface area contributed by atoms with E-state index in [1.54, 1.807) is 7.11 Å². The van der Waals surface area contributed by atoms with Gasteiger partial charge in [0.25, 0.3) is 0 Å². The molecule has 3 nitrogen and oxygen atoms in total. The van der Waals surface area contributed by atoms with Crippen molar-refractivity contribution in [3.63, 3.8) is 0 Å². The van der Waals surface area contributed by atoms with Gasteiger partial charge < -0.3 is 9.84 Å². The van der Waals surface area contributed by atoms with E-state index in [0.29, 0.717) is 12.8 Å². The van der Waals surface area contributed by atoms with Gasteiger partial charge in [0, 0.05) is 4.47 Å². The largest absolute Gasteiger partial charge is 0.497 e. The van der Waals surface area contributed by atoms with Crippen LogP contribution in [0.3, 0.4) is 0 Å². The minimum atomic E-state index is -0.777. The Bertz CT molecular complexity index is 608. The third kappa shape index (κ3) is 4.60. The zero-order valence-electron chi connectivity index (χ0n) is 11.8. The van der Waals surface area contributed by atoms with Crippen LogP contribution in [0.1, 0.15) is 11.1 Å². The van der Waals surface area contributed by atoms with Crippen LogP contribution in [0.5, 0.6) is 5.75 Å². The fourth-order valence-electron chi connectivity index (χ4n) is 2.24. The van der Waals surface area contributed by atoms with Crippen LogP contribution < -0.4 is 4.74 Å². The Hall–Kier alpha value is -1.81. The van der Waals surface area contributed by atoms with E-state index >= 15 is 0 Å². The van der Waals surface area contributed by atoms with Crippen molar-refractivity contribution >= 4 is 21.9 Å². The lowest BCUT2D eigenvalue weighted by Gasteiger charge is -2.13. The number of carboxylic acid groups (broad SMARTS) is 1. The second kappa shape index (κ2) is 7.27. The number of rotatable bonds is 6. The summed E-state index contributed by atoms with van der Waals surface area (Å²) in [7, 11) is 1.61. The Morgan fingerprint density at radius 3 is 2.43 bits per heavy atom. The van der Waals surface area contributed by atoms with Crippen LogP contribution in [0.15, 0.2) is 53.0 Å². The lowest BCUT2D eigenvalue weighted by molar-refractivity contribution is -0.141. The van der Waals surface area contributed by atoms with Crippen LogP contribution in [0.4, 0.5) is 0 Å². The summed E-state index contributed by atoms with van der Waals surface area (Å²) >= 11 is 3.38. The molecular weight excluding hydrogens is 332 g/mol. The first kappa shape index (κ1) is 15.6. The number of hydrogen-bond donors (Lipinski definition) is 1. The van der Waals surface area contributed by atoms with Crippen molar-refractivity contribution in [3.8, 4) is 5.75 Å². The van der Waals surface area contributed by atoms with Crippen molar-refractivity contribution < 1.29 is 14.6 Å². The van der Waals surface area contributed by atoms with Gasteiger partial charge in [-0.25, -0.2) is 0 Å². The van der Waals surface area contributed by atoms with Crippen LogP contribution in [-0.4, -0.2) is 18.2 Å². The molecule has 0 aliphatic rings. The second-order valence-corrected chi connectivity index (χ2v) is 5.84. The van der Waals surface area contributed by atoms with E-state index in [-0.39, 0.29) is 0 Å². The van der Waals surface area contributed by atoms with E-state index < -0.39 is 11.9 Å².